The van der Waals surface area contributed by atoms with Gasteiger partial charge in [0.25, 0.3) is 0 Å². The smallest absolute Gasteiger partial charge is 0.346 e. The molecule has 10 heavy (non-hydrogen) atoms. The molecular formula is C7H11LiS2. The quantitative estimate of drug-likeness (QED) is 0.310. The van der Waals surface area contributed by atoms with Gasteiger partial charge in [-0.25, -0.2) is 5.25 Å². The maximum Gasteiger partial charge on any atom is 1.00 e. The number of thioether (sulfide) groups is 2. The molecule has 52 valence electrons. The van der Waals surface area contributed by atoms with E-state index in [4.69, 9.17) is 0 Å². The summed E-state index contributed by atoms with van der Waals surface area (Å²) in [5.74, 6) is 3.87. The first-order valence-electron chi connectivity index (χ1n) is 3.09. The van der Waals surface area contributed by atoms with Crippen LogP contribution in [0.2, 0.25) is 0 Å². The van der Waals surface area contributed by atoms with Gasteiger partial charge in [0.05, 0.1) is 0 Å². The minimum absolute atomic E-state index is 0. The molecule has 1 rings (SSSR count). The molecule has 0 aromatic rings. The van der Waals surface area contributed by atoms with E-state index in [9.17, 15) is 0 Å². The van der Waals surface area contributed by atoms with Crippen LogP contribution >= 0.6 is 23.5 Å². The molecule has 3 heteroatoms. The van der Waals surface area contributed by atoms with Crippen LogP contribution in [-0.4, -0.2) is 17.3 Å². The van der Waals surface area contributed by atoms with Gasteiger partial charge < -0.3 is 11.8 Å². The van der Waals surface area contributed by atoms with E-state index < -0.39 is 0 Å². The van der Waals surface area contributed by atoms with Crippen molar-refractivity contribution in [3.05, 3.63) is 17.9 Å². The molecule has 0 N–H and O–H groups in total. The van der Waals surface area contributed by atoms with E-state index >= 15 is 0 Å². The summed E-state index contributed by atoms with van der Waals surface area (Å²) >= 11 is 4.05. The molecule has 1 aliphatic heterocycles. The van der Waals surface area contributed by atoms with Gasteiger partial charge in [-0.3, -0.25) is 0 Å². The van der Waals surface area contributed by atoms with Crippen LogP contribution in [0.3, 0.4) is 0 Å². The second kappa shape index (κ2) is 6.73. The van der Waals surface area contributed by atoms with Crippen LogP contribution in [0.4, 0.5) is 0 Å². The number of hydrogen-bond acceptors (Lipinski definition) is 2. The fraction of sp³-hybridized carbons (Fsp3) is 0.571. The number of allylic oxidation sites excluding steroid dienone is 1. The van der Waals surface area contributed by atoms with Gasteiger partial charge in [-0.1, -0.05) is 0 Å². The Balaban J connectivity index is 0.000000810. The van der Waals surface area contributed by atoms with E-state index in [0.717, 1.165) is 6.42 Å². The SMILES string of the molecule is C=CC[C-]1CSCCS1.[Li+]. The van der Waals surface area contributed by atoms with Crippen molar-refractivity contribution in [2.24, 2.45) is 0 Å². The first-order chi connectivity index (χ1) is 4.43. The van der Waals surface area contributed by atoms with Crippen molar-refractivity contribution in [1.29, 1.82) is 0 Å². The van der Waals surface area contributed by atoms with E-state index in [1.165, 1.54) is 17.3 Å². The molecule has 0 aromatic heterocycles. The van der Waals surface area contributed by atoms with Crippen LogP contribution < -0.4 is 18.9 Å². The van der Waals surface area contributed by atoms with Crippen LogP contribution in [0.15, 0.2) is 12.7 Å². The normalized spacial score (nSPS) is 19.6. The summed E-state index contributed by atoms with van der Waals surface area (Å²) in [5.41, 5.74) is 0. The molecule has 0 bridgehead atoms. The first kappa shape index (κ1) is 11.0. The van der Waals surface area contributed by atoms with E-state index in [1.807, 2.05) is 29.6 Å². The van der Waals surface area contributed by atoms with Crippen molar-refractivity contribution in [2.45, 2.75) is 6.42 Å². The van der Waals surface area contributed by atoms with Crippen LogP contribution in [-0.2, 0) is 0 Å². The van der Waals surface area contributed by atoms with Gasteiger partial charge in [0.1, 0.15) is 0 Å². The van der Waals surface area contributed by atoms with E-state index in [0.29, 0.717) is 0 Å². The monoisotopic (exact) mass is 166 g/mol. The second-order valence-electron chi connectivity index (χ2n) is 1.93. The molecule has 0 spiro atoms. The molecule has 0 atom stereocenters. The van der Waals surface area contributed by atoms with Crippen molar-refractivity contribution in [3.8, 4) is 0 Å². The number of hydrogen-bond donors (Lipinski definition) is 0. The zero-order valence-corrected chi connectivity index (χ0v) is 8.06. The molecule has 0 aromatic carbocycles. The van der Waals surface area contributed by atoms with Gasteiger partial charge in [-0.15, -0.1) is 24.8 Å². The predicted octanol–water partition coefficient (Wildman–Crippen LogP) is -0.422. The fourth-order valence-electron chi connectivity index (χ4n) is 0.751. The minimum atomic E-state index is 0. The molecule has 0 radical (unpaired) electrons. The fourth-order valence-corrected chi connectivity index (χ4v) is 3.15. The van der Waals surface area contributed by atoms with Crippen LogP contribution in [0.5, 0.6) is 0 Å². The second-order valence-corrected chi connectivity index (χ2v) is 4.31. The Kier molecular flexibility index (Phi) is 7.43. The molecule has 0 saturated carbocycles. The largest absolute Gasteiger partial charge is 1.00 e. The van der Waals surface area contributed by atoms with Gasteiger partial charge in [0.2, 0.25) is 0 Å². The summed E-state index contributed by atoms with van der Waals surface area (Å²) in [7, 11) is 0. The molecule has 1 fully saturated rings. The molecule has 1 saturated heterocycles. The molecule has 0 amide bonds. The average molecular weight is 166 g/mol. The van der Waals surface area contributed by atoms with E-state index in [1.54, 1.807) is 5.25 Å². The Hall–Kier alpha value is 1.04. The van der Waals surface area contributed by atoms with Crippen LogP contribution in [0.25, 0.3) is 0 Å². The molecule has 1 aliphatic rings. The summed E-state index contributed by atoms with van der Waals surface area (Å²) in [6.07, 6.45) is 3.10. The Morgan fingerprint density at radius 3 is 2.80 bits per heavy atom. The van der Waals surface area contributed by atoms with Gasteiger partial charge in [0.15, 0.2) is 0 Å². The minimum Gasteiger partial charge on any atom is -0.346 e. The standard InChI is InChI=1S/C7H11S2.Li/c1-2-3-7-6-8-4-5-9-7;/h2H,1,3-6H2;/q-1;+1. The van der Waals surface area contributed by atoms with Crippen molar-refractivity contribution >= 4 is 23.5 Å². The summed E-state index contributed by atoms with van der Waals surface area (Å²) in [6, 6.07) is 0. The Bertz CT molecular complexity index is 89.6. The van der Waals surface area contributed by atoms with Gasteiger partial charge in [-0.05, 0) is 11.5 Å². The van der Waals surface area contributed by atoms with Crippen molar-refractivity contribution in [1.82, 2.24) is 0 Å². The van der Waals surface area contributed by atoms with E-state index in [2.05, 4.69) is 6.58 Å². The van der Waals surface area contributed by atoms with E-state index in [-0.39, 0.29) is 18.9 Å². The topological polar surface area (TPSA) is 0 Å². The summed E-state index contributed by atoms with van der Waals surface area (Å²) in [6.45, 7) is 3.71. The average Bonchev–Trinajstić information content (AvgIpc) is 1.91. The van der Waals surface area contributed by atoms with Crippen molar-refractivity contribution in [3.63, 3.8) is 0 Å². The van der Waals surface area contributed by atoms with Crippen molar-refractivity contribution < 1.29 is 18.9 Å². The summed E-state index contributed by atoms with van der Waals surface area (Å²) in [4.78, 5) is 0. The van der Waals surface area contributed by atoms with Crippen LogP contribution in [0, 0.1) is 5.25 Å². The third-order valence-electron chi connectivity index (χ3n) is 1.17. The number of rotatable bonds is 2. The Labute approximate surface area is 83.8 Å². The third kappa shape index (κ3) is 4.03. The van der Waals surface area contributed by atoms with Gasteiger partial charge in [-0.2, -0.15) is 11.8 Å². The Morgan fingerprint density at radius 1 is 1.50 bits per heavy atom. The predicted molar refractivity (Wildman–Crippen MR) is 47.8 cm³/mol. The maximum absolute atomic E-state index is 3.71. The van der Waals surface area contributed by atoms with Crippen molar-refractivity contribution in [2.75, 3.05) is 17.3 Å². The van der Waals surface area contributed by atoms with Gasteiger partial charge >= 0.3 is 18.9 Å². The summed E-state index contributed by atoms with van der Waals surface area (Å²) in [5, 5.41) is 1.60. The first-order valence-corrected chi connectivity index (χ1v) is 5.23. The molecular weight excluding hydrogens is 155 g/mol. The van der Waals surface area contributed by atoms with Gasteiger partial charge in [0, 0.05) is 0 Å². The zero-order valence-electron chi connectivity index (χ0n) is 6.43. The maximum atomic E-state index is 3.71. The van der Waals surface area contributed by atoms with Crippen LogP contribution in [0.1, 0.15) is 6.42 Å². The molecule has 0 aliphatic carbocycles. The zero-order chi connectivity index (χ0) is 6.53. The molecule has 1 heterocycles. The summed E-state index contributed by atoms with van der Waals surface area (Å²) < 4.78 is 0. The third-order valence-corrected chi connectivity index (χ3v) is 3.78. The molecule has 0 unspecified atom stereocenters. The molecule has 0 nitrogen and oxygen atoms in total. The Morgan fingerprint density at radius 2 is 2.30 bits per heavy atom.